The zero-order valence-corrected chi connectivity index (χ0v) is 10.6. The van der Waals surface area contributed by atoms with Crippen LogP contribution in [0.5, 0.6) is 0 Å². The average Bonchev–Trinajstić information content (AvgIpc) is 2.53. The molecule has 1 aromatic heterocycles. The van der Waals surface area contributed by atoms with Gasteiger partial charge in [-0.15, -0.1) is 0 Å². The highest BCUT2D eigenvalue weighted by Gasteiger charge is 2.22. The van der Waals surface area contributed by atoms with E-state index in [1.807, 2.05) is 17.9 Å². The summed E-state index contributed by atoms with van der Waals surface area (Å²) in [5.41, 5.74) is -0.0223. The summed E-state index contributed by atoms with van der Waals surface area (Å²) in [6, 6.07) is 4.96. The number of hydrogen-bond acceptors (Lipinski definition) is 3. The van der Waals surface area contributed by atoms with Crippen molar-refractivity contribution in [2.24, 2.45) is 0 Å². The minimum absolute atomic E-state index is 0.0223. The van der Waals surface area contributed by atoms with Crippen LogP contribution >= 0.6 is 0 Å². The van der Waals surface area contributed by atoms with Gasteiger partial charge >= 0.3 is 0 Å². The first-order chi connectivity index (χ1) is 8.68. The van der Waals surface area contributed by atoms with Gasteiger partial charge in [0.05, 0.1) is 6.04 Å². The van der Waals surface area contributed by atoms with Crippen molar-refractivity contribution in [3.63, 3.8) is 0 Å². The highest BCUT2D eigenvalue weighted by molar-refractivity contribution is 5.81. The Bertz CT molecular complexity index is 469. The first kappa shape index (κ1) is 12.8. The Morgan fingerprint density at radius 1 is 1.33 bits per heavy atom. The average molecular weight is 249 g/mol. The second-order valence-electron chi connectivity index (χ2n) is 4.59. The van der Waals surface area contributed by atoms with E-state index in [-0.39, 0.29) is 17.5 Å². The van der Waals surface area contributed by atoms with Crippen LogP contribution in [0.3, 0.4) is 0 Å². The Balaban J connectivity index is 1.99. The number of aromatic nitrogens is 1. The Hall–Kier alpha value is -1.62. The molecule has 1 aliphatic heterocycles. The zero-order valence-electron chi connectivity index (χ0n) is 10.6. The maximum Gasteiger partial charge on any atom is 0.250 e. The van der Waals surface area contributed by atoms with Crippen LogP contribution in [-0.2, 0) is 11.3 Å². The van der Waals surface area contributed by atoms with E-state index in [0.717, 1.165) is 19.5 Å². The van der Waals surface area contributed by atoms with Gasteiger partial charge in [0.1, 0.15) is 0 Å². The van der Waals surface area contributed by atoms with E-state index >= 15 is 0 Å². The number of pyridine rings is 1. The van der Waals surface area contributed by atoms with Gasteiger partial charge < -0.3 is 14.8 Å². The molecule has 1 amide bonds. The molecule has 1 atom stereocenters. The molecule has 5 nitrogen and oxygen atoms in total. The number of amides is 1. The van der Waals surface area contributed by atoms with Crippen LogP contribution in [0.1, 0.15) is 13.3 Å². The zero-order chi connectivity index (χ0) is 13.0. The van der Waals surface area contributed by atoms with Crippen LogP contribution in [0.25, 0.3) is 0 Å². The van der Waals surface area contributed by atoms with Gasteiger partial charge in [-0.05, 0) is 26.0 Å². The monoisotopic (exact) mass is 249 g/mol. The molecule has 0 saturated carbocycles. The second-order valence-corrected chi connectivity index (χ2v) is 4.59. The van der Waals surface area contributed by atoms with Crippen molar-refractivity contribution in [1.82, 2.24) is 14.8 Å². The first-order valence-corrected chi connectivity index (χ1v) is 6.36. The van der Waals surface area contributed by atoms with Gasteiger partial charge in [-0.2, -0.15) is 0 Å². The van der Waals surface area contributed by atoms with E-state index in [2.05, 4.69) is 5.32 Å². The van der Waals surface area contributed by atoms with Crippen LogP contribution in [0, 0.1) is 0 Å². The van der Waals surface area contributed by atoms with Crippen LogP contribution in [0.2, 0.25) is 0 Å². The number of nitrogens with zero attached hydrogens (tertiary/aromatic N) is 2. The SMILES string of the molecule is CC1NCCCN(CCn2ccccc2=O)C1=O. The Labute approximate surface area is 106 Å². The van der Waals surface area contributed by atoms with E-state index in [1.165, 1.54) is 6.07 Å². The Kier molecular flexibility index (Phi) is 4.15. The van der Waals surface area contributed by atoms with Gasteiger partial charge in [0.2, 0.25) is 5.91 Å². The Morgan fingerprint density at radius 3 is 2.94 bits per heavy atom. The highest BCUT2D eigenvalue weighted by atomic mass is 16.2. The quantitative estimate of drug-likeness (QED) is 0.824. The molecule has 1 N–H and O–H groups in total. The fourth-order valence-electron chi connectivity index (χ4n) is 2.16. The molecule has 18 heavy (non-hydrogen) atoms. The summed E-state index contributed by atoms with van der Waals surface area (Å²) < 4.78 is 1.64. The van der Waals surface area contributed by atoms with Crippen molar-refractivity contribution in [2.45, 2.75) is 25.9 Å². The molecule has 1 saturated heterocycles. The van der Waals surface area contributed by atoms with Crippen LogP contribution in [0.15, 0.2) is 29.2 Å². The molecule has 0 spiro atoms. The maximum atomic E-state index is 12.0. The van der Waals surface area contributed by atoms with Gasteiger partial charge in [-0.1, -0.05) is 6.07 Å². The van der Waals surface area contributed by atoms with E-state index in [1.54, 1.807) is 16.8 Å². The number of carbonyl (C=O) groups is 1. The largest absolute Gasteiger partial charge is 0.340 e. The lowest BCUT2D eigenvalue weighted by molar-refractivity contribution is -0.132. The molecule has 1 fully saturated rings. The van der Waals surface area contributed by atoms with E-state index in [4.69, 9.17) is 0 Å². The van der Waals surface area contributed by atoms with E-state index in [0.29, 0.717) is 13.1 Å². The molecule has 0 aromatic carbocycles. The molecule has 98 valence electrons. The normalized spacial score (nSPS) is 20.8. The smallest absolute Gasteiger partial charge is 0.250 e. The van der Waals surface area contributed by atoms with Crippen molar-refractivity contribution in [3.8, 4) is 0 Å². The second kappa shape index (κ2) is 5.82. The summed E-state index contributed by atoms with van der Waals surface area (Å²) in [6.45, 7) is 4.66. The number of carbonyl (C=O) groups excluding carboxylic acids is 1. The minimum atomic E-state index is -0.125. The summed E-state index contributed by atoms with van der Waals surface area (Å²) in [7, 11) is 0. The van der Waals surface area contributed by atoms with Gasteiger partial charge in [0.25, 0.3) is 5.56 Å². The molecule has 5 heteroatoms. The Morgan fingerprint density at radius 2 is 2.17 bits per heavy atom. The predicted octanol–water partition coefficient (Wildman–Crippen LogP) is 0.0587. The van der Waals surface area contributed by atoms with Gasteiger partial charge in [0, 0.05) is 31.9 Å². The van der Waals surface area contributed by atoms with E-state index < -0.39 is 0 Å². The summed E-state index contributed by atoms with van der Waals surface area (Å²) in [6.07, 6.45) is 2.71. The van der Waals surface area contributed by atoms with E-state index in [9.17, 15) is 9.59 Å². The molecule has 1 aliphatic rings. The fraction of sp³-hybridized carbons (Fsp3) is 0.538. The molecule has 0 aliphatic carbocycles. The van der Waals surface area contributed by atoms with Crippen molar-refractivity contribution in [1.29, 1.82) is 0 Å². The van der Waals surface area contributed by atoms with Crippen molar-refractivity contribution >= 4 is 5.91 Å². The standard InChI is InChI=1S/C13H19N3O2/c1-11-13(18)16(8-4-6-14-11)10-9-15-7-3-2-5-12(15)17/h2-3,5,7,11,14H,4,6,8-10H2,1H3. The highest BCUT2D eigenvalue weighted by Crippen LogP contribution is 2.02. The number of hydrogen-bond donors (Lipinski definition) is 1. The van der Waals surface area contributed by atoms with Crippen LogP contribution in [-0.4, -0.2) is 41.1 Å². The summed E-state index contributed by atoms with van der Waals surface area (Å²) in [5, 5.41) is 3.17. The molecular weight excluding hydrogens is 230 g/mol. The maximum absolute atomic E-state index is 12.0. The van der Waals surface area contributed by atoms with Gasteiger partial charge in [0.15, 0.2) is 0 Å². The number of nitrogens with one attached hydrogen (secondary N) is 1. The third-order valence-corrected chi connectivity index (χ3v) is 3.25. The van der Waals surface area contributed by atoms with Crippen molar-refractivity contribution in [2.75, 3.05) is 19.6 Å². The van der Waals surface area contributed by atoms with Gasteiger partial charge in [-0.3, -0.25) is 9.59 Å². The van der Waals surface area contributed by atoms with Crippen molar-refractivity contribution in [3.05, 3.63) is 34.7 Å². The number of rotatable bonds is 3. The summed E-state index contributed by atoms with van der Waals surface area (Å²) in [4.78, 5) is 25.4. The topological polar surface area (TPSA) is 54.3 Å². The first-order valence-electron chi connectivity index (χ1n) is 6.36. The van der Waals surface area contributed by atoms with Gasteiger partial charge in [-0.25, -0.2) is 0 Å². The minimum Gasteiger partial charge on any atom is -0.340 e. The molecular formula is C13H19N3O2. The molecule has 2 heterocycles. The lowest BCUT2D eigenvalue weighted by Gasteiger charge is -2.22. The summed E-state index contributed by atoms with van der Waals surface area (Å²) >= 11 is 0. The molecule has 0 radical (unpaired) electrons. The third kappa shape index (κ3) is 2.98. The lowest BCUT2D eigenvalue weighted by Crippen LogP contribution is -2.43. The molecule has 2 rings (SSSR count). The van der Waals surface area contributed by atoms with Crippen LogP contribution < -0.4 is 10.9 Å². The molecule has 1 unspecified atom stereocenters. The lowest BCUT2D eigenvalue weighted by atomic mass is 10.3. The molecule has 0 bridgehead atoms. The van der Waals surface area contributed by atoms with Crippen molar-refractivity contribution < 1.29 is 4.79 Å². The predicted molar refractivity (Wildman–Crippen MR) is 69.4 cm³/mol. The summed E-state index contributed by atoms with van der Waals surface area (Å²) in [5.74, 6) is 0.122. The fourth-order valence-corrected chi connectivity index (χ4v) is 2.16. The third-order valence-electron chi connectivity index (χ3n) is 3.25. The molecule has 1 aromatic rings. The van der Waals surface area contributed by atoms with Crippen LogP contribution in [0.4, 0.5) is 0 Å².